The van der Waals surface area contributed by atoms with Gasteiger partial charge in [0.1, 0.15) is 5.82 Å². The van der Waals surface area contributed by atoms with Crippen molar-refractivity contribution in [1.29, 1.82) is 0 Å². The van der Waals surface area contributed by atoms with Crippen LogP contribution in [0.1, 0.15) is 18.1 Å². The highest BCUT2D eigenvalue weighted by Gasteiger charge is 2.14. The third-order valence-corrected chi connectivity index (χ3v) is 4.48. The first-order valence-electron chi connectivity index (χ1n) is 8.62. The van der Waals surface area contributed by atoms with Crippen molar-refractivity contribution in [2.24, 2.45) is 5.92 Å². The predicted octanol–water partition coefficient (Wildman–Crippen LogP) is 4.52. The molecule has 0 fully saturated rings. The zero-order valence-corrected chi connectivity index (χ0v) is 14.3. The lowest BCUT2D eigenvalue weighted by atomic mass is 9.95. The molecule has 0 saturated heterocycles. The molecule has 1 N–H and O–H groups in total. The van der Waals surface area contributed by atoms with E-state index in [1.54, 1.807) is 12.1 Å². The summed E-state index contributed by atoms with van der Waals surface area (Å²) in [5.74, 6) is -0.287. The third-order valence-electron chi connectivity index (χ3n) is 4.48. The summed E-state index contributed by atoms with van der Waals surface area (Å²) in [6.45, 7) is 2.51. The van der Waals surface area contributed by atoms with Crippen molar-refractivity contribution in [2.45, 2.75) is 19.8 Å². The Morgan fingerprint density at radius 3 is 2.52 bits per heavy atom. The molecule has 3 aromatic rings. The fourth-order valence-corrected chi connectivity index (χ4v) is 3.05. The number of carbonyl (C=O) groups is 1. The second-order valence-corrected chi connectivity index (χ2v) is 6.41. The summed E-state index contributed by atoms with van der Waals surface area (Å²) < 4.78 is 12.9. The minimum Gasteiger partial charge on any atom is -0.356 e. The fourth-order valence-electron chi connectivity index (χ4n) is 3.05. The van der Waals surface area contributed by atoms with Crippen LogP contribution in [0.4, 0.5) is 4.39 Å². The Balaban J connectivity index is 1.56. The molecule has 0 heterocycles. The zero-order chi connectivity index (χ0) is 17.6. The molecular weight excluding hydrogens is 313 g/mol. The summed E-state index contributed by atoms with van der Waals surface area (Å²) in [6.07, 6.45) is 1.41. The first-order valence-corrected chi connectivity index (χ1v) is 8.62. The van der Waals surface area contributed by atoms with Crippen molar-refractivity contribution in [3.63, 3.8) is 0 Å². The summed E-state index contributed by atoms with van der Waals surface area (Å²) in [5.41, 5.74) is 2.21. The summed E-state index contributed by atoms with van der Waals surface area (Å²) in [6, 6.07) is 20.9. The van der Waals surface area contributed by atoms with Crippen LogP contribution >= 0.6 is 0 Å². The van der Waals surface area contributed by atoms with Gasteiger partial charge < -0.3 is 5.32 Å². The normalized spacial score (nSPS) is 12.1. The molecule has 3 heteroatoms. The smallest absolute Gasteiger partial charge is 0.223 e. The van der Waals surface area contributed by atoms with E-state index < -0.39 is 0 Å². The molecule has 0 aliphatic heterocycles. The van der Waals surface area contributed by atoms with E-state index in [4.69, 9.17) is 0 Å². The Labute approximate surface area is 147 Å². The van der Waals surface area contributed by atoms with E-state index in [-0.39, 0.29) is 17.6 Å². The average molecular weight is 335 g/mol. The lowest BCUT2D eigenvalue weighted by molar-refractivity contribution is -0.124. The Hall–Kier alpha value is -2.68. The lowest BCUT2D eigenvalue weighted by Gasteiger charge is -2.14. The molecule has 0 spiro atoms. The summed E-state index contributed by atoms with van der Waals surface area (Å²) in [4.78, 5) is 12.4. The molecule has 0 aromatic heterocycles. The van der Waals surface area contributed by atoms with E-state index >= 15 is 0 Å². The Kier molecular flexibility index (Phi) is 5.44. The predicted molar refractivity (Wildman–Crippen MR) is 99.9 cm³/mol. The maximum atomic E-state index is 12.9. The Morgan fingerprint density at radius 2 is 1.72 bits per heavy atom. The van der Waals surface area contributed by atoms with E-state index in [9.17, 15) is 9.18 Å². The molecule has 128 valence electrons. The highest BCUT2D eigenvalue weighted by atomic mass is 19.1. The van der Waals surface area contributed by atoms with Crippen molar-refractivity contribution in [3.8, 4) is 0 Å². The minimum atomic E-state index is -0.239. The van der Waals surface area contributed by atoms with Gasteiger partial charge in [-0.05, 0) is 46.9 Å². The minimum absolute atomic E-state index is 0.0510. The van der Waals surface area contributed by atoms with Gasteiger partial charge in [-0.25, -0.2) is 4.39 Å². The maximum absolute atomic E-state index is 12.9. The maximum Gasteiger partial charge on any atom is 0.223 e. The van der Waals surface area contributed by atoms with Gasteiger partial charge >= 0.3 is 0 Å². The molecule has 1 atom stereocenters. The summed E-state index contributed by atoms with van der Waals surface area (Å²) >= 11 is 0. The topological polar surface area (TPSA) is 29.1 Å². The van der Waals surface area contributed by atoms with Crippen LogP contribution in [-0.2, 0) is 17.6 Å². The number of hydrogen-bond donors (Lipinski definition) is 1. The van der Waals surface area contributed by atoms with Crippen molar-refractivity contribution >= 4 is 16.7 Å². The van der Waals surface area contributed by atoms with Crippen LogP contribution in [0.25, 0.3) is 10.8 Å². The van der Waals surface area contributed by atoms with E-state index in [0.717, 1.165) is 5.56 Å². The summed E-state index contributed by atoms with van der Waals surface area (Å²) in [7, 11) is 0. The number of nitrogens with one attached hydrogen (secondary N) is 1. The van der Waals surface area contributed by atoms with Crippen LogP contribution in [0.5, 0.6) is 0 Å². The second-order valence-electron chi connectivity index (χ2n) is 6.41. The van der Waals surface area contributed by atoms with Gasteiger partial charge in [-0.1, -0.05) is 61.5 Å². The standard InChI is InChI=1S/C22H22FNO/c1-16(15-19-7-4-6-18-5-2-3-8-21(18)19)22(25)24-14-13-17-9-11-20(23)12-10-17/h2-12,16H,13-15H2,1H3,(H,24,25)/t16-/m0/s1. The molecule has 0 aliphatic rings. The van der Waals surface area contributed by atoms with Crippen LogP contribution < -0.4 is 5.32 Å². The molecule has 1 amide bonds. The first kappa shape index (κ1) is 17.2. The van der Waals surface area contributed by atoms with Crippen LogP contribution in [0.2, 0.25) is 0 Å². The van der Waals surface area contributed by atoms with E-state index in [1.165, 1.54) is 28.5 Å². The monoisotopic (exact) mass is 335 g/mol. The fraction of sp³-hybridized carbons (Fsp3) is 0.227. The molecule has 0 unspecified atom stereocenters. The average Bonchev–Trinajstić information content (AvgIpc) is 2.63. The molecule has 3 aromatic carbocycles. The zero-order valence-electron chi connectivity index (χ0n) is 14.3. The highest BCUT2D eigenvalue weighted by molar-refractivity contribution is 5.86. The van der Waals surface area contributed by atoms with Crippen molar-refractivity contribution in [2.75, 3.05) is 6.54 Å². The first-order chi connectivity index (χ1) is 12.1. The Morgan fingerprint density at radius 1 is 1.00 bits per heavy atom. The number of benzene rings is 3. The molecule has 2 nitrogen and oxygen atoms in total. The van der Waals surface area contributed by atoms with Gasteiger partial charge in [0.05, 0.1) is 0 Å². The van der Waals surface area contributed by atoms with Gasteiger partial charge in [0.2, 0.25) is 5.91 Å². The van der Waals surface area contributed by atoms with Crippen LogP contribution in [0.3, 0.4) is 0 Å². The molecule has 0 aliphatic carbocycles. The van der Waals surface area contributed by atoms with Gasteiger partial charge in [-0.3, -0.25) is 4.79 Å². The third kappa shape index (κ3) is 4.44. The second kappa shape index (κ2) is 7.93. The van der Waals surface area contributed by atoms with Crippen LogP contribution in [0.15, 0.2) is 66.7 Å². The number of fused-ring (bicyclic) bond motifs is 1. The van der Waals surface area contributed by atoms with Gasteiger partial charge in [-0.15, -0.1) is 0 Å². The van der Waals surface area contributed by atoms with Gasteiger partial charge in [-0.2, -0.15) is 0 Å². The van der Waals surface area contributed by atoms with Crippen LogP contribution in [0, 0.1) is 11.7 Å². The van der Waals surface area contributed by atoms with Gasteiger partial charge in [0, 0.05) is 12.5 Å². The molecule has 0 radical (unpaired) electrons. The molecular formula is C22H22FNO. The molecule has 3 rings (SSSR count). The van der Waals surface area contributed by atoms with E-state index in [1.807, 2.05) is 25.1 Å². The van der Waals surface area contributed by atoms with E-state index in [0.29, 0.717) is 19.4 Å². The number of amides is 1. The van der Waals surface area contributed by atoms with E-state index in [2.05, 4.69) is 29.6 Å². The van der Waals surface area contributed by atoms with Gasteiger partial charge in [0.15, 0.2) is 0 Å². The number of carbonyl (C=O) groups excluding carboxylic acids is 1. The Bertz CT molecular complexity index is 852. The number of halogens is 1. The molecule has 25 heavy (non-hydrogen) atoms. The van der Waals surface area contributed by atoms with Gasteiger partial charge in [0.25, 0.3) is 0 Å². The lowest BCUT2D eigenvalue weighted by Crippen LogP contribution is -2.31. The SMILES string of the molecule is C[C@@H](Cc1cccc2ccccc12)C(=O)NCCc1ccc(F)cc1. The highest BCUT2D eigenvalue weighted by Crippen LogP contribution is 2.21. The largest absolute Gasteiger partial charge is 0.356 e. The molecule has 0 saturated carbocycles. The summed E-state index contributed by atoms with van der Waals surface area (Å²) in [5, 5.41) is 5.38. The number of hydrogen-bond acceptors (Lipinski definition) is 1. The number of rotatable bonds is 6. The van der Waals surface area contributed by atoms with Crippen molar-refractivity contribution in [1.82, 2.24) is 5.32 Å². The quantitative estimate of drug-likeness (QED) is 0.705. The van der Waals surface area contributed by atoms with Crippen LogP contribution in [-0.4, -0.2) is 12.5 Å². The van der Waals surface area contributed by atoms with Crippen molar-refractivity contribution < 1.29 is 9.18 Å². The van der Waals surface area contributed by atoms with Crippen molar-refractivity contribution in [3.05, 3.63) is 83.7 Å². The molecule has 0 bridgehead atoms.